The van der Waals surface area contributed by atoms with E-state index in [0.29, 0.717) is 0 Å². The lowest BCUT2D eigenvalue weighted by molar-refractivity contribution is -0.119. The van der Waals surface area contributed by atoms with Crippen LogP contribution in [0.4, 0.5) is 4.39 Å². The lowest BCUT2D eigenvalue weighted by atomic mass is 10.1. The maximum absolute atomic E-state index is 13.7. The van der Waals surface area contributed by atoms with E-state index in [2.05, 4.69) is 15.9 Å². The fourth-order valence-corrected chi connectivity index (χ4v) is 3.08. The second-order valence-corrected chi connectivity index (χ2v) is 7.03. The molecule has 5 nitrogen and oxygen atoms in total. The van der Waals surface area contributed by atoms with Gasteiger partial charge in [0.1, 0.15) is 5.82 Å². The highest BCUT2D eigenvalue weighted by molar-refractivity contribution is 9.10. The summed E-state index contributed by atoms with van der Waals surface area (Å²) in [7, 11) is 0. The Morgan fingerprint density at radius 2 is 1.81 bits per heavy atom. The molecule has 0 bridgehead atoms. The Morgan fingerprint density at radius 3 is 2.42 bits per heavy atom. The Morgan fingerprint density at radius 1 is 1.15 bits per heavy atom. The van der Waals surface area contributed by atoms with Gasteiger partial charge in [-0.05, 0) is 49.7 Å². The summed E-state index contributed by atoms with van der Waals surface area (Å²) in [6, 6.07) is 10.0. The summed E-state index contributed by atoms with van der Waals surface area (Å²) in [4.78, 5) is 37.7. The molecule has 134 valence electrons. The molecule has 1 unspecified atom stereocenters. The van der Waals surface area contributed by atoms with Gasteiger partial charge < -0.3 is 0 Å². The maximum atomic E-state index is 13.7. The maximum Gasteiger partial charge on any atom is 0.332 e. The molecule has 0 saturated heterocycles. The molecule has 2 aromatic carbocycles. The Hall–Kier alpha value is -2.54. The van der Waals surface area contributed by atoms with Crippen LogP contribution in [-0.4, -0.2) is 14.9 Å². The number of hydrogen-bond donors (Lipinski definition) is 0. The number of ketones is 1. The summed E-state index contributed by atoms with van der Waals surface area (Å²) in [5.41, 5.74) is -0.274. The van der Waals surface area contributed by atoms with Crippen LogP contribution in [0.3, 0.4) is 0 Å². The predicted octanol–water partition coefficient (Wildman–Crippen LogP) is 3.26. The number of carbonyl (C=O) groups excluding carboxylic acids is 1. The standard InChI is InChI=1S/C19H16BrFN2O3/c1-11(12(2)24)23-17-9-15(21)7-8-16(17)18(25)22(19(23)26)10-13-3-5-14(20)6-4-13/h3-9,11H,10H2,1-2H3. The summed E-state index contributed by atoms with van der Waals surface area (Å²) in [5, 5.41) is 0.191. The first-order chi connectivity index (χ1) is 12.3. The van der Waals surface area contributed by atoms with Gasteiger partial charge in [-0.2, -0.15) is 0 Å². The first-order valence-corrected chi connectivity index (χ1v) is 8.78. The van der Waals surface area contributed by atoms with Crippen LogP contribution in [0.1, 0.15) is 25.5 Å². The predicted molar refractivity (Wildman–Crippen MR) is 101 cm³/mol. The van der Waals surface area contributed by atoms with Crippen LogP contribution in [0.5, 0.6) is 0 Å². The average Bonchev–Trinajstić information content (AvgIpc) is 2.60. The van der Waals surface area contributed by atoms with Crippen LogP contribution in [0, 0.1) is 5.82 Å². The first kappa shape index (κ1) is 18.3. The van der Waals surface area contributed by atoms with Crippen molar-refractivity contribution in [3.63, 3.8) is 0 Å². The molecule has 7 heteroatoms. The molecule has 0 spiro atoms. The van der Waals surface area contributed by atoms with Crippen molar-refractivity contribution in [3.8, 4) is 0 Å². The lowest BCUT2D eigenvalue weighted by Gasteiger charge is -2.18. The van der Waals surface area contributed by atoms with Gasteiger partial charge in [-0.1, -0.05) is 28.1 Å². The first-order valence-electron chi connectivity index (χ1n) is 7.99. The van der Waals surface area contributed by atoms with Crippen molar-refractivity contribution >= 4 is 32.6 Å². The SMILES string of the molecule is CC(=O)C(C)n1c(=O)n(Cc2ccc(Br)cc2)c(=O)c2ccc(F)cc21. The van der Waals surface area contributed by atoms with Crippen molar-refractivity contribution < 1.29 is 9.18 Å². The molecule has 3 rings (SSSR count). The normalized spacial score (nSPS) is 12.3. The van der Waals surface area contributed by atoms with Crippen molar-refractivity contribution in [2.24, 2.45) is 0 Å². The molecule has 26 heavy (non-hydrogen) atoms. The smallest absolute Gasteiger partial charge is 0.298 e. The van der Waals surface area contributed by atoms with E-state index in [9.17, 15) is 18.8 Å². The third-order valence-corrected chi connectivity index (χ3v) is 4.89. The van der Waals surface area contributed by atoms with Gasteiger partial charge in [0.25, 0.3) is 5.56 Å². The van der Waals surface area contributed by atoms with Crippen LogP contribution >= 0.6 is 15.9 Å². The molecular formula is C19H16BrFN2O3. The van der Waals surface area contributed by atoms with Crippen LogP contribution in [0.2, 0.25) is 0 Å². The van der Waals surface area contributed by atoms with Crippen molar-refractivity contribution in [3.05, 3.63) is 79.2 Å². The van der Waals surface area contributed by atoms with E-state index in [4.69, 9.17) is 0 Å². The average molecular weight is 419 g/mol. The van der Waals surface area contributed by atoms with Crippen LogP contribution in [0.15, 0.2) is 56.5 Å². The molecule has 1 heterocycles. The molecule has 0 aliphatic carbocycles. The summed E-state index contributed by atoms with van der Waals surface area (Å²) >= 11 is 3.34. The molecule has 0 fully saturated rings. The molecule has 1 aromatic heterocycles. The van der Waals surface area contributed by atoms with Gasteiger partial charge in [0, 0.05) is 4.47 Å². The van der Waals surface area contributed by atoms with E-state index in [0.717, 1.165) is 20.7 Å². The Balaban J connectivity index is 2.31. The third kappa shape index (κ3) is 3.26. The highest BCUT2D eigenvalue weighted by Gasteiger charge is 2.20. The number of hydrogen-bond acceptors (Lipinski definition) is 3. The number of Topliss-reactive ketones (excluding diaryl/α,β-unsaturated/α-hetero) is 1. The van der Waals surface area contributed by atoms with Gasteiger partial charge in [-0.3, -0.25) is 18.7 Å². The second kappa shape index (κ2) is 6.99. The minimum Gasteiger partial charge on any atom is -0.298 e. The zero-order chi connectivity index (χ0) is 19.0. The third-order valence-electron chi connectivity index (χ3n) is 4.36. The fourth-order valence-electron chi connectivity index (χ4n) is 2.82. The van der Waals surface area contributed by atoms with Crippen molar-refractivity contribution in [1.29, 1.82) is 0 Å². The Labute approximate surface area is 156 Å². The number of halogens is 2. The van der Waals surface area contributed by atoms with Crippen molar-refractivity contribution in [2.45, 2.75) is 26.4 Å². The molecule has 3 aromatic rings. The molecule has 0 aliphatic heterocycles. The summed E-state index contributed by atoms with van der Waals surface area (Å²) < 4.78 is 16.8. The van der Waals surface area contributed by atoms with Gasteiger partial charge >= 0.3 is 5.69 Å². The molecular weight excluding hydrogens is 403 g/mol. The largest absolute Gasteiger partial charge is 0.332 e. The second-order valence-electron chi connectivity index (χ2n) is 6.12. The molecule has 0 radical (unpaired) electrons. The molecule has 0 aliphatic rings. The van der Waals surface area contributed by atoms with Crippen LogP contribution in [0.25, 0.3) is 10.9 Å². The minimum atomic E-state index is -0.816. The molecule has 0 saturated carbocycles. The van der Waals surface area contributed by atoms with E-state index in [1.165, 1.54) is 23.6 Å². The molecule has 0 amide bonds. The Kier molecular flexibility index (Phi) is 4.91. The van der Waals surface area contributed by atoms with Gasteiger partial charge in [0.15, 0.2) is 5.78 Å². The zero-order valence-electron chi connectivity index (χ0n) is 14.2. The van der Waals surface area contributed by atoms with Crippen molar-refractivity contribution in [1.82, 2.24) is 9.13 Å². The highest BCUT2D eigenvalue weighted by Crippen LogP contribution is 2.16. The molecule has 0 N–H and O–H groups in total. The quantitative estimate of drug-likeness (QED) is 0.653. The number of rotatable bonds is 4. The van der Waals surface area contributed by atoms with Crippen molar-refractivity contribution in [2.75, 3.05) is 0 Å². The van der Waals surface area contributed by atoms with Gasteiger partial charge in [-0.25, -0.2) is 9.18 Å². The highest BCUT2D eigenvalue weighted by atomic mass is 79.9. The topological polar surface area (TPSA) is 61.1 Å². The number of benzene rings is 2. The summed E-state index contributed by atoms with van der Waals surface area (Å²) in [5.74, 6) is -0.835. The fraction of sp³-hybridized carbons (Fsp3) is 0.211. The number of carbonyl (C=O) groups is 1. The minimum absolute atomic E-state index is 0.0584. The van der Waals surface area contributed by atoms with Gasteiger partial charge in [0.05, 0.1) is 23.5 Å². The lowest BCUT2D eigenvalue weighted by Crippen LogP contribution is -2.42. The Bertz CT molecular complexity index is 1120. The van der Waals surface area contributed by atoms with Gasteiger partial charge in [-0.15, -0.1) is 0 Å². The summed E-state index contributed by atoms with van der Waals surface area (Å²) in [6.07, 6.45) is 0. The van der Waals surface area contributed by atoms with E-state index < -0.39 is 23.1 Å². The molecule has 1 atom stereocenters. The number of fused-ring (bicyclic) bond motifs is 1. The monoisotopic (exact) mass is 418 g/mol. The zero-order valence-corrected chi connectivity index (χ0v) is 15.8. The summed E-state index contributed by atoms with van der Waals surface area (Å²) in [6.45, 7) is 2.97. The van der Waals surface area contributed by atoms with Crippen LogP contribution < -0.4 is 11.2 Å². The van der Waals surface area contributed by atoms with E-state index in [-0.39, 0.29) is 23.2 Å². The van der Waals surface area contributed by atoms with Crippen LogP contribution in [-0.2, 0) is 11.3 Å². The van der Waals surface area contributed by atoms with Gasteiger partial charge in [0.2, 0.25) is 0 Å². The number of aromatic nitrogens is 2. The van der Waals surface area contributed by atoms with E-state index in [1.54, 1.807) is 19.1 Å². The van der Waals surface area contributed by atoms with E-state index in [1.807, 2.05) is 12.1 Å². The number of nitrogens with zero attached hydrogens (tertiary/aromatic N) is 2. The van der Waals surface area contributed by atoms with E-state index >= 15 is 0 Å².